The molecule has 33 heteroatoms. The number of likely N-dealkylation sites (tertiary alicyclic amines) is 1. The molecule has 10 N–H and O–H groups in total. The number of nitrogens with zero attached hydrogens (tertiary/aromatic N) is 4. The van der Waals surface area contributed by atoms with Crippen molar-refractivity contribution < 1.29 is 116 Å². The van der Waals surface area contributed by atoms with E-state index in [1.54, 1.807) is 98.5 Å². The molecule has 32 nitrogen and oxygen atoms in total. The van der Waals surface area contributed by atoms with Crippen LogP contribution in [-0.4, -0.2) is 250 Å². The molecule has 0 unspecified atom stereocenters. The first-order valence-electron chi connectivity index (χ1n) is 34.4. The summed E-state index contributed by atoms with van der Waals surface area (Å²) in [5.41, 5.74) is -0.950. The maximum Gasteiger partial charge on any atom is 0.410 e. The molecule has 3 heterocycles. The van der Waals surface area contributed by atoms with Crippen LogP contribution in [0.3, 0.4) is 0 Å². The number of halogens is 1. The molecular weight excluding hydrogens is 1350 g/mol. The number of methoxy groups -OCH3 is 2. The molecule has 0 aromatic heterocycles. The summed E-state index contributed by atoms with van der Waals surface area (Å²) in [6.45, 7) is 17.4. The highest BCUT2D eigenvalue weighted by Gasteiger charge is 2.49. The highest BCUT2D eigenvalue weighted by atomic mass is 19.1. The van der Waals surface area contributed by atoms with E-state index < -0.39 is 206 Å². The second-order valence-electron chi connectivity index (χ2n) is 27.7. The summed E-state index contributed by atoms with van der Waals surface area (Å²) in [5, 5.41) is 65.2. The van der Waals surface area contributed by atoms with Crippen molar-refractivity contribution in [1.82, 2.24) is 40.9 Å². The van der Waals surface area contributed by atoms with Crippen molar-refractivity contribution in [1.29, 1.82) is 0 Å². The number of carboxylic acid groups (broad SMARTS) is 1. The maximum atomic E-state index is 16.4. The SMILES string of the molecule is CC[C@H](C)[C@H]([C@@H](CC(=O)N1CCC[C@H]1[C@H](OC)[C@@H](C)C(=O)N[C@H](C)[C@@H](O)c1ccccc1)OC)N(C)C(=O)[C@@H](NC(=O)[C@H](C(C)C)N(C)C(=O)OCc1cc(F)c(O[C@@H]2O[C@H](C(=O)O)[C@@H](O)[C@H](O)[C@H]2O)c(NC(=O)CCNC(=O)OCC[C@H](CNC(=O)OC(C)(C)C)N2C(=O)C=CC2=O)c1)C(C)C. The fraction of sp³-hybridized carbons (Fsp3) is 0.643. The zero-order valence-corrected chi connectivity index (χ0v) is 61.1. The van der Waals surface area contributed by atoms with Crippen LogP contribution in [0.25, 0.3) is 0 Å². The average Bonchev–Trinajstić information content (AvgIpc) is 1.01. The number of hydrogen-bond donors (Lipinski definition) is 10. The van der Waals surface area contributed by atoms with Gasteiger partial charge < -0.3 is 95.1 Å². The summed E-state index contributed by atoms with van der Waals surface area (Å²) in [4.78, 5) is 152. The molecule has 10 amide bonds. The van der Waals surface area contributed by atoms with Crippen molar-refractivity contribution in [3.8, 4) is 5.75 Å². The molecule has 0 bridgehead atoms. The van der Waals surface area contributed by atoms with Gasteiger partial charge in [0, 0.05) is 72.9 Å². The summed E-state index contributed by atoms with van der Waals surface area (Å²) in [5.74, 6) is -10.4. The van der Waals surface area contributed by atoms with E-state index in [4.69, 9.17) is 33.2 Å². The van der Waals surface area contributed by atoms with Crippen LogP contribution in [-0.2, 0) is 73.4 Å². The molecule has 0 saturated carbocycles. The Kier molecular flexibility index (Phi) is 32.0. The standard InChI is InChI=1S/C70H104FN9O23/c1-16-38(6)54(47(97-14)33-51(84)79-29-20-23-46(79)59(98-15)39(7)62(89)74-40(8)55(85)42-21-18-17-19-22-42)77(12)64(91)52(36(2)3)76-63(90)53(37(4)5)78(13)69(96)100-35-41-31-44(71)60(101-66-58(88)56(86)57(87)61(102-66)65(92)93)45(32-41)75-48(81)26-28-72-67(94)99-30-27-43(80-49(82)24-25-50(80)83)34-73-68(95)103-70(9,10)11/h17-19,21-22,24-25,31-32,36-40,43,46-47,52-59,61,66,85-88H,16,20,23,26-30,33-35H2,1-15H3,(H,72,94)(H,73,95)(H,74,89)(H,75,81)(H,76,90)(H,92,93)/t38-,39+,40+,43+,46-,47+,52-,53-,54+,55+,56-,57-,58+,59+,61-,66+/m0/s1. The number of ether oxygens (including phenoxy) is 7. The van der Waals surface area contributed by atoms with Gasteiger partial charge in [0.05, 0.1) is 67.1 Å². The Morgan fingerprint density at radius 3 is 2.04 bits per heavy atom. The molecule has 3 aliphatic rings. The van der Waals surface area contributed by atoms with Gasteiger partial charge in [0.25, 0.3) is 11.8 Å². The van der Waals surface area contributed by atoms with E-state index in [2.05, 4.69) is 26.6 Å². The van der Waals surface area contributed by atoms with Crippen LogP contribution >= 0.6 is 0 Å². The zero-order valence-electron chi connectivity index (χ0n) is 61.1. The third-order valence-electron chi connectivity index (χ3n) is 18.3. The van der Waals surface area contributed by atoms with Gasteiger partial charge in [-0.2, -0.15) is 0 Å². The predicted molar refractivity (Wildman–Crippen MR) is 366 cm³/mol. The van der Waals surface area contributed by atoms with Crippen LogP contribution in [0, 0.1) is 29.5 Å². The zero-order chi connectivity index (χ0) is 77.1. The molecule has 574 valence electrons. The molecule has 2 saturated heterocycles. The van der Waals surface area contributed by atoms with E-state index in [1.807, 2.05) is 19.9 Å². The number of carboxylic acids is 1. The fourth-order valence-corrected chi connectivity index (χ4v) is 12.6. The first kappa shape index (κ1) is 85.1. The molecule has 2 aromatic rings. The summed E-state index contributed by atoms with van der Waals surface area (Å²) in [6, 6.07) is 5.42. The van der Waals surface area contributed by atoms with Crippen molar-refractivity contribution in [3.05, 3.63) is 71.6 Å². The van der Waals surface area contributed by atoms with Crippen LogP contribution in [0.1, 0.15) is 132 Å². The van der Waals surface area contributed by atoms with Gasteiger partial charge in [-0.05, 0) is 81.5 Å². The lowest BCUT2D eigenvalue weighted by molar-refractivity contribution is -0.271. The summed E-state index contributed by atoms with van der Waals surface area (Å²) < 4.78 is 55.3. The van der Waals surface area contributed by atoms with E-state index in [9.17, 15) is 78.3 Å². The smallest absolute Gasteiger partial charge is 0.410 e. The van der Waals surface area contributed by atoms with Gasteiger partial charge in [-0.25, -0.2) is 23.6 Å². The topological polar surface area (TPSA) is 427 Å². The Bertz CT molecular complexity index is 3290. The summed E-state index contributed by atoms with van der Waals surface area (Å²) in [7, 11) is 5.74. The molecule has 2 aromatic carbocycles. The molecular formula is C70H104FN9O23. The minimum absolute atomic E-state index is 0.145. The van der Waals surface area contributed by atoms with Crippen molar-refractivity contribution in [2.75, 3.05) is 59.9 Å². The Labute approximate surface area is 598 Å². The number of anilines is 1. The van der Waals surface area contributed by atoms with Gasteiger partial charge in [0.2, 0.25) is 35.8 Å². The first-order chi connectivity index (χ1) is 48.4. The van der Waals surface area contributed by atoms with Crippen LogP contribution in [0.2, 0.25) is 0 Å². The van der Waals surface area contributed by atoms with E-state index in [-0.39, 0.29) is 42.7 Å². The van der Waals surface area contributed by atoms with Gasteiger partial charge in [-0.3, -0.25) is 43.4 Å². The third-order valence-corrected chi connectivity index (χ3v) is 18.3. The number of aliphatic carboxylic acids is 1. The monoisotopic (exact) mass is 1460 g/mol. The quantitative estimate of drug-likeness (QED) is 0.0350. The van der Waals surface area contributed by atoms with E-state index in [0.717, 1.165) is 34.1 Å². The Balaban J connectivity index is 1.27. The fourth-order valence-electron chi connectivity index (χ4n) is 12.6. The number of carbonyl (C=O) groups excluding carboxylic acids is 10. The molecule has 3 aliphatic heterocycles. The summed E-state index contributed by atoms with van der Waals surface area (Å²) in [6.07, 6.45) is -13.6. The lowest BCUT2D eigenvalue weighted by Crippen LogP contribution is -2.61. The number of alkyl carbamates (subject to hydrolysis) is 2. The Morgan fingerprint density at radius 1 is 0.806 bits per heavy atom. The third kappa shape index (κ3) is 23.2. The number of rotatable bonds is 35. The number of hydrogen-bond acceptors (Lipinski definition) is 22. The number of likely N-dealkylation sites (N-methyl/N-ethyl adjacent to an activating group) is 2. The van der Waals surface area contributed by atoms with Gasteiger partial charge in [0.1, 0.15) is 42.6 Å². The highest BCUT2D eigenvalue weighted by molar-refractivity contribution is 6.13. The molecule has 0 radical (unpaired) electrons. The minimum atomic E-state index is -2.19. The van der Waals surface area contributed by atoms with Gasteiger partial charge in [-0.15, -0.1) is 0 Å². The number of nitrogens with one attached hydrogen (secondary N) is 5. The van der Waals surface area contributed by atoms with Crippen molar-refractivity contribution in [2.45, 2.75) is 212 Å². The lowest BCUT2D eigenvalue weighted by Gasteiger charge is -2.41. The molecule has 0 aliphatic carbocycles. The molecule has 0 spiro atoms. The van der Waals surface area contributed by atoms with Crippen LogP contribution in [0.4, 0.5) is 24.5 Å². The van der Waals surface area contributed by atoms with Crippen LogP contribution in [0.5, 0.6) is 5.75 Å². The second-order valence-corrected chi connectivity index (χ2v) is 27.7. The lowest BCUT2D eigenvalue weighted by atomic mass is 9.89. The molecule has 103 heavy (non-hydrogen) atoms. The molecule has 5 rings (SSSR count). The van der Waals surface area contributed by atoms with Crippen molar-refractivity contribution >= 4 is 71.3 Å². The van der Waals surface area contributed by atoms with Gasteiger partial charge in [-0.1, -0.05) is 85.2 Å². The van der Waals surface area contributed by atoms with Gasteiger partial charge in [0.15, 0.2) is 17.7 Å². The second kappa shape index (κ2) is 38.8. The van der Waals surface area contributed by atoms with Crippen LogP contribution < -0.4 is 31.3 Å². The normalized spacial score (nSPS) is 21.2. The molecule has 2 fully saturated rings. The number of aliphatic hydroxyl groups is 4. The number of benzene rings is 2. The van der Waals surface area contributed by atoms with Crippen molar-refractivity contribution in [3.63, 3.8) is 0 Å². The average molecular weight is 1460 g/mol. The highest BCUT2D eigenvalue weighted by Crippen LogP contribution is 2.35. The maximum absolute atomic E-state index is 16.4. The van der Waals surface area contributed by atoms with Gasteiger partial charge >= 0.3 is 24.2 Å². The van der Waals surface area contributed by atoms with E-state index in [0.29, 0.717) is 31.4 Å². The first-order valence-corrected chi connectivity index (χ1v) is 34.4. The number of imide groups is 1. The predicted octanol–water partition coefficient (Wildman–Crippen LogP) is 3.25. The Hall–Kier alpha value is -8.60. The number of carbonyl (C=O) groups is 11. The molecule has 16 atom stereocenters. The van der Waals surface area contributed by atoms with E-state index >= 15 is 4.39 Å². The number of amides is 10. The largest absolute Gasteiger partial charge is 0.479 e. The Morgan fingerprint density at radius 2 is 1.46 bits per heavy atom. The van der Waals surface area contributed by atoms with E-state index in [1.165, 1.54) is 26.2 Å². The number of aliphatic hydroxyl groups excluding tert-OH is 4. The minimum Gasteiger partial charge on any atom is -0.479 e. The van der Waals surface area contributed by atoms with Crippen LogP contribution in [0.15, 0.2) is 54.6 Å². The van der Waals surface area contributed by atoms with Crippen molar-refractivity contribution in [2.24, 2.45) is 23.7 Å². The summed E-state index contributed by atoms with van der Waals surface area (Å²) >= 11 is 0.